The quantitative estimate of drug-likeness (QED) is 0.874. The number of carbonyl (C=O) groups excluding carboxylic acids is 1. The average Bonchev–Trinajstić information content (AvgIpc) is 2.85. The van der Waals surface area contributed by atoms with Crippen molar-refractivity contribution in [2.24, 2.45) is 0 Å². The minimum absolute atomic E-state index is 0.0145. The van der Waals surface area contributed by atoms with Gasteiger partial charge >= 0.3 is 0 Å². The fourth-order valence-electron chi connectivity index (χ4n) is 2.54. The second kappa shape index (κ2) is 7.06. The molecule has 2 rings (SSSR count). The summed E-state index contributed by atoms with van der Waals surface area (Å²) in [5.41, 5.74) is 0.803. The van der Waals surface area contributed by atoms with Crippen LogP contribution in [0.2, 0.25) is 0 Å². The Labute approximate surface area is 136 Å². The molecule has 1 aliphatic heterocycles. The lowest BCUT2D eigenvalue weighted by Gasteiger charge is -2.32. The predicted molar refractivity (Wildman–Crippen MR) is 87.5 cm³/mol. The van der Waals surface area contributed by atoms with Crippen LogP contribution in [0.25, 0.3) is 0 Å². The van der Waals surface area contributed by atoms with Crippen LogP contribution in [0.3, 0.4) is 0 Å². The van der Waals surface area contributed by atoms with Crippen molar-refractivity contribution in [3.8, 4) is 0 Å². The molecule has 1 aromatic rings. The summed E-state index contributed by atoms with van der Waals surface area (Å²) in [5.74, 6) is 0.382. The van der Waals surface area contributed by atoms with Gasteiger partial charge in [0.1, 0.15) is 0 Å². The van der Waals surface area contributed by atoms with Crippen LogP contribution in [0.4, 0.5) is 0 Å². The fraction of sp³-hybridized carbons (Fsp3) is 0.714. The van der Waals surface area contributed by atoms with Gasteiger partial charge in [0.05, 0.1) is 23.4 Å². The molecule has 0 radical (unpaired) electrons. The van der Waals surface area contributed by atoms with E-state index in [2.05, 4.69) is 23.6 Å². The lowest BCUT2D eigenvalue weighted by Crippen LogP contribution is -2.49. The van der Waals surface area contributed by atoms with Crippen LogP contribution in [0, 0.1) is 0 Å². The molecule has 0 spiro atoms. The summed E-state index contributed by atoms with van der Waals surface area (Å²) in [6, 6.07) is -0.186. The first-order valence-electron chi connectivity index (χ1n) is 7.44. The van der Waals surface area contributed by atoms with E-state index >= 15 is 0 Å². The van der Waals surface area contributed by atoms with Crippen molar-refractivity contribution in [1.29, 1.82) is 0 Å². The molecule has 0 bridgehead atoms. The maximum Gasteiger partial charge on any atom is 0.228 e. The number of piperidine rings is 1. The van der Waals surface area contributed by atoms with Gasteiger partial charge in [0, 0.05) is 30.4 Å². The van der Waals surface area contributed by atoms with Gasteiger partial charge in [-0.15, -0.1) is 11.3 Å². The Morgan fingerprint density at radius 2 is 2.27 bits per heavy atom. The number of hydrogen-bond donors (Lipinski definition) is 1. The number of aromatic nitrogens is 1. The number of thiazole rings is 1. The third kappa shape index (κ3) is 5.03. The minimum atomic E-state index is -3.24. The van der Waals surface area contributed by atoms with Crippen molar-refractivity contribution >= 4 is 27.3 Å². The Hall–Kier alpha value is -0.990. The summed E-state index contributed by atoms with van der Waals surface area (Å²) in [5, 5.41) is 2.97. The highest BCUT2D eigenvalue weighted by atomic mass is 32.2. The van der Waals surface area contributed by atoms with E-state index in [1.807, 2.05) is 5.38 Å². The molecule has 124 valence electrons. The average molecular weight is 345 g/mol. The molecule has 0 saturated carbocycles. The number of hydrogen-bond acceptors (Lipinski definition) is 5. The smallest absolute Gasteiger partial charge is 0.228 e. The zero-order valence-corrected chi connectivity index (χ0v) is 14.8. The zero-order valence-electron chi connectivity index (χ0n) is 13.2. The van der Waals surface area contributed by atoms with Gasteiger partial charge < -0.3 is 4.90 Å². The standard InChI is InChI=1S/C14H23N3O3S2/c1-10(2)14-15-12(9-21-14)7-13(18)17-6-4-5-11(8-17)16-22(3,19)20/h9-11,16H,4-8H2,1-3H3/t11-/m1/s1. The topological polar surface area (TPSA) is 79.4 Å². The Balaban J connectivity index is 1.93. The lowest BCUT2D eigenvalue weighted by molar-refractivity contribution is -0.131. The molecule has 1 saturated heterocycles. The molecule has 6 nitrogen and oxygen atoms in total. The molecule has 1 fully saturated rings. The van der Waals surface area contributed by atoms with Gasteiger partial charge in [-0.05, 0) is 12.8 Å². The molecule has 1 amide bonds. The summed E-state index contributed by atoms with van der Waals surface area (Å²) >= 11 is 1.58. The Bertz CT molecular complexity index is 625. The van der Waals surface area contributed by atoms with Crippen LogP contribution in [0.5, 0.6) is 0 Å². The maximum atomic E-state index is 12.4. The van der Waals surface area contributed by atoms with E-state index in [0.29, 0.717) is 19.0 Å². The number of likely N-dealkylation sites (tertiary alicyclic amines) is 1. The Morgan fingerprint density at radius 1 is 1.55 bits per heavy atom. The predicted octanol–water partition coefficient (Wildman–Crippen LogP) is 1.35. The summed E-state index contributed by atoms with van der Waals surface area (Å²) in [4.78, 5) is 18.6. The highest BCUT2D eigenvalue weighted by molar-refractivity contribution is 7.88. The molecule has 8 heteroatoms. The second-order valence-corrected chi connectivity index (χ2v) is 8.75. The summed E-state index contributed by atoms with van der Waals surface area (Å²) in [7, 11) is -3.24. The van der Waals surface area contributed by atoms with Gasteiger partial charge in [0.25, 0.3) is 0 Å². The number of rotatable bonds is 5. The third-order valence-corrected chi connectivity index (χ3v) is 5.51. The van der Waals surface area contributed by atoms with E-state index in [1.54, 1.807) is 16.2 Å². The molecule has 0 unspecified atom stereocenters. The van der Waals surface area contributed by atoms with Crippen LogP contribution in [-0.4, -0.2) is 49.6 Å². The van der Waals surface area contributed by atoms with E-state index in [1.165, 1.54) is 0 Å². The molecule has 1 aliphatic rings. The molecule has 22 heavy (non-hydrogen) atoms. The largest absolute Gasteiger partial charge is 0.341 e. The molecule has 1 atom stereocenters. The van der Waals surface area contributed by atoms with Gasteiger partial charge in [0.2, 0.25) is 15.9 Å². The van der Waals surface area contributed by atoms with E-state index in [-0.39, 0.29) is 18.4 Å². The molecule has 0 aromatic carbocycles. The van der Waals surface area contributed by atoms with E-state index in [9.17, 15) is 13.2 Å². The number of amides is 1. The number of nitrogens with one attached hydrogen (secondary N) is 1. The molecular formula is C14H23N3O3S2. The summed E-state index contributed by atoms with van der Waals surface area (Å²) in [6.07, 6.45) is 3.02. The van der Waals surface area contributed by atoms with Crippen LogP contribution in [0.1, 0.15) is 43.3 Å². The van der Waals surface area contributed by atoms with Crippen molar-refractivity contribution in [3.63, 3.8) is 0 Å². The van der Waals surface area contributed by atoms with Crippen molar-refractivity contribution in [2.45, 2.75) is 45.1 Å². The number of nitrogens with zero attached hydrogens (tertiary/aromatic N) is 2. The monoisotopic (exact) mass is 345 g/mol. The summed E-state index contributed by atoms with van der Waals surface area (Å²) in [6.45, 7) is 5.28. The fourth-order valence-corrected chi connectivity index (χ4v) is 4.17. The first-order chi connectivity index (χ1) is 10.2. The number of carbonyl (C=O) groups is 1. The van der Waals surface area contributed by atoms with Gasteiger partial charge in [-0.1, -0.05) is 13.8 Å². The molecular weight excluding hydrogens is 322 g/mol. The van der Waals surface area contributed by atoms with Crippen LogP contribution in [0.15, 0.2) is 5.38 Å². The SMILES string of the molecule is CC(C)c1nc(CC(=O)N2CCC[C@@H](NS(C)(=O)=O)C2)cs1. The maximum absolute atomic E-state index is 12.4. The minimum Gasteiger partial charge on any atom is -0.341 e. The first-order valence-corrected chi connectivity index (χ1v) is 10.2. The van der Waals surface area contributed by atoms with Gasteiger partial charge in [-0.2, -0.15) is 0 Å². The van der Waals surface area contributed by atoms with E-state index in [0.717, 1.165) is 29.8 Å². The van der Waals surface area contributed by atoms with Crippen LogP contribution in [-0.2, 0) is 21.2 Å². The van der Waals surface area contributed by atoms with E-state index in [4.69, 9.17) is 0 Å². The normalized spacial score (nSPS) is 19.6. The Morgan fingerprint density at radius 3 is 2.86 bits per heavy atom. The summed E-state index contributed by atoms with van der Waals surface area (Å²) < 4.78 is 25.2. The highest BCUT2D eigenvalue weighted by Gasteiger charge is 2.25. The lowest BCUT2D eigenvalue weighted by atomic mass is 10.1. The first kappa shape index (κ1) is 17.4. The van der Waals surface area contributed by atoms with Crippen molar-refractivity contribution in [2.75, 3.05) is 19.3 Å². The van der Waals surface area contributed by atoms with Crippen molar-refractivity contribution in [3.05, 3.63) is 16.1 Å². The third-order valence-electron chi connectivity index (χ3n) is 3.55. The van der Waals surface area contributed by atoms with Crippen LogP contribution < -0.4 is 4.72 Å². The van der Waals surface area contributed by atoms with Gasteiger partial charge in [0.15, 0.2) is 0 Å². The molecule has 1 N–H and O–H groups in total. The second-order valence-electron chi connectivity index (χ2n) is 6.08. The van der Waals surface area contributed by atoms with Gasteiger partial charge in [-0.25, -0.2) is 18.1 Å². The van der Waals surface area contributed by atoms with E-state index < -0.39 is 10.0 Å². The highest BCUT2D eigenvalue weighted by Crippen LogP contribution is 2.20. The van der Waals surface area contributed by atoms with Crippen LogP contribution >= 0.6 is 11.3 Å². The van der Waals surface area contributed by atoms with Crippen molar-refractivity contribution in [1.82, 2.24) is 14.6 Å². The molecule has 0 aliphatic carbocycles. The Kier molecular flexibility index (Phi) is 5.57. The molecule has 1 aromatic heterocycles. The zero-order chi connectivity index (χ0) is 16.3. The van der Waals surface area contributed by atoms with Gasteiger partial charge in [-0.3, -0.25) is 4.79 Å². The van der Waals surface area contributed by atoms with Crippen molar-refractivity contribution < 1.29 is 13.2 Å². The molecule has 2 heterocycles. The number of sulfonamides is 1.